The fourth-order valence-electron chi connectivity index (χ4n) is 0.978. The summed E-state index contributed by atoms with van der Waals surface area (Å²) in [5, 5.41) is 12.5. The van der Waals surface area contributed by atoms with Crippen molar-refractivity contribution in [2.45, 2.75) is 19.4 Å². The van der Waals surface area contributed by atoms with Gasteiger partial charge in [0.2, 0.25) is 0 Å². The van der Waals surface area contributed by atoms with E-state index in [2.05, 4.69) is 34.0 Å². The highest BCUT2D eigenvalue weighted by Crippen LogP contribution is 2.12. The molecule has 0 bridgehead atoms. The summed E-state index contributed by atoms with van der Waals surface area (Å²) in [6.07, 6.45) is 0.537. The number of hydrogen-bond acceptors (Lipinski definition) is 2. The first kappa shape index (κ1) is 10.8. The summed E-state index contributed by atoms with van der Waals surface area (Å²) in [5.41, 5.74) is 1.07. The lowest BCUT2D eigenvalue weighted by Gasteiger charge is -2.10. The molecule has 2 nitrogen and oxygen atoms in total. The molecule has 13 heavy (non-hydrogen) atoms. The van der Waals surface area contributed by atoms with E-state index in [9.17, 15) is 5.11 Å². The van der Waals surface area contributed by atoms with Crippen molar-refractivity contribution in [2.75, 3.05) is 11.9 Å². The minimum absolute atomic E-state index is 0.252. The van der Waals surface area contributed by atoms with Gasteiger partial charge in [0.25, 0.3) is 0 Å². The number of benzene rings is 1. The summed E-state index contributed by atoms with van der Waals surface area (Å²) in [6, 6.07) is 8.11. The largest absolute Gasteiger partial charge is 0.391 e. The van der Waals surface area contributed by atoms with Crippen LogP contribution in [0, 0.1) is 3.57 Å². The zero-order valence-electron chi connectivity index (χ0n) is 7.63. The number of halogens is 1. The first-order valence-corrected chi connectivity index (χ1v) is 5.47. The fraction of sp³-hybridized carbons (Fsp3) is 0.400. The Labute approximate surface area is 92.5 Å². The Morgan fingerprint density at radius 1 is 1.54 bits per heavy atom. The molecule has 3 heteroatoms. The van der Waals surface area contributed by atoms with E-state index in [1.165, 1.54) is 3.57 Å². The normalized spacial score (nSPS) is 12.5. The second kappa shape index (κ2) is 5.44. The van der Waals surface area contributed by atoms with Crippen molar-refractivity contribution >= 4 is 28.3 Å². The summed E-state index contributed by atoms with van der Waals surface area (Å²) < 4.78 is 1.20. The predicted molar refractivity (Wildman–Crippen MR) is 63.9 cm³/mol. The Balaban J connectivity index is 2.45. The molecule has 2 N–H and O–H groups in total. The van der Waals surface area contributed by atoms with Crippen molar-refractivity contribution < 1.29 is 5.11 Å². The standard InChI is InChI=1S/C10H14INO/c1-2-10(13)7-12-9-5-3-4-8(11)6-9/h3-6,10,12-13H,2,7H2,1H3/t10-/m1/s1. The van der Waals surface area contributed by atoms with Crippen LogP contribution < -0.4 is 5.32 Å². The third-order valence-corrected chi connectivity index (χ3v) is 2.51. The molecule has 0 heterocycles. The predicted octanol–water partition coefficient (Wildman–Crippen LogP) is 2.47. The van der Waals surface area contributed by atoms with Gasteiger partial charge in [0.05, 0.1) is 6.10 Å². The number of rotatable bonds is 4. The quantitative estimate of drug-likeness (QED) is 0.835. The maximum atomic E-state index is 9.32. The van der Waals surface area contributed by atoms with Gasteiger partial charge >= 0.3 is 0 Å². The van der Waals surface area contributed by atoms with Crippen LogP contribution in [-0.4, -0.2) is 17.8 Å². The van der Waals surface area contributed by atoms with Crippen LogP contribution in [0.15, 0.2) is 24.3 Å². The second-order valence-electron chi connectivity index (χ2n) is 2.95. The highest BCUT2D eigenvalue weighted by Gasteiger charge is 1.99. The topological polar surface area (TPSA) is 32.3 Å². The van der Waals surface area contributed by atoms with Gasteiger partial charge in [-0.3, -0.25) is 0 Å². The van der Waals surface area contributed by atoms with Gasteiger partial charge in [-0.05, 0) is 47.2 Å². The van der Waals surface area contributed by atoms with Crippen molar-refractivity contribution in [1.29, 1.82) is 0 Å². The molecule has 0 aliphatic rings. The summed E-state index contributed by atoms with van der Waals surface area (Å²) in [5.74, 6) is 0. The third-order valence-electron chi connectivity index (χ3n) is 1.84. The number of hydrogen-bond donors (Lipinski definition) is 2. The molecule has 0 spiro atoms. The molecule has 0 fully saturated rings. The molecular formula is C10H14INO. The maximum absolute atomic E-state index is 9.32. The van der Waals surface area contributed by atoms with Crippen molar-refractivity contribution in [1.82, 2.24) is 0 Å². The van der Waals surface area contributed by atoms with Gasteiger partial charge in [-0.1, -0.05) is 13.0 Å². The summed E-state index contributed by atoms with van der Waals surface area (Å²) >= 11 is 2.27. The van der Waals surface area contributed by atoms with Crippen molar-refractivity contribution in [2.24, 2.45) is 0 Å². The lowest BCUT2D eigenvalue weighted by atomic mass is 10.2. The SMILES string of the molecule is CC[C@@H](O)CNc1cccc(I)c1. The number of aliphatic hydroxyl groups is 1. The van der Waals surface area contributed by atoms with Crippen LogP contribution in [0.3, 0.4) is 0 Å². The maximum Gasteiger partial charge on any atom is 0.0709 e. The van der Waals surface area contributed by atoms with Gasteiger partial charge in [-0.15, -0.1) is 0 Å². The summed E-state index contributed by atoms with van der Waals surface area (Å²) in [4.78, 5) is 0. The lowest BCUT2D eigenvalue weighted by Crippen LogP contribution is -2.18. The fourth-order valence-corrected chi connectivity index (χ4v) is 1.52. The molecule has 1 aromatic rings. The van der Waals surface area contributed by atoms with Gasteiger partial charge in [0.1, 0.15) is 0 Å². The second-order valence-corrected chi connectivity index (χ2v) is 4.20. The monoisotopic (exact) mass is 291 g/mol. The zero-order valence-corrected chi connectivity index (χ0v) is 9.78. The Morgan fingerprint density at radius 3 is 2.92 bits per heavy atom. The molecule has 0 saturated heterocycles. The van der Waals surface area contributed by atoms with E-state index in [-0.39, 0.29) is 6.10 Å². The molecule has 0 radical (unpaired) electrons. The van der Waals surface area contributed by atoms with Crippen LogP contribution in [0.4, 0.5) is 5.69 Å². The molecule has 1 aromatic carbocycles. The summed E-state index contributed by atoms with van der Waals surface area (Å²) in [7, 11) is 0. The summed E-state index contributed by atoms with van der Waals surface area (Å²) in [6.45, 7) is 2.59. The molecule has 1 atom stereocenters. The van der Waals surface area contributed by atoms with E-state index in [1.807, 2.05) is 25.1 Å². The van der Waals surface area contributed by atoms with Gasteiger partial charge in [0, 0.05) is 15.8 Å². The van der Waals surface area contributed by atoms with Crippen LogP contribution in [0.5, 0.6) is 0 Å². The van der Waals surface area contributed by atoms with E-state index >= 15 is 0 Å². The first-order chi connectivity index (χ1) is 6.22. The van der Waals surface area contributed by atoms with E-state index < -0.39 is 0 Å². The Bertz CT molecular complexity index is 265. The van der Waals surface area contributed by atoms with Crippen LogP contribution in [0.25, 0.3) is 0 Å². The van der Waals surface area contributed by atoms with Crippen molar-refractivity contribution in [3.63, 3.8) is 0 Å². The zero-order chi connectivity index (χ0) is 9.68. The average molecular weight is 291 g/mol. The number of nitrogens with one attached hydrogen (secondary N) is 1. The highest BCUT2D eigenvalue weighted by molar-refractivity contribution is 14.1. The van der Waals surface area contributed by atoms with Gasteiger partial charge in [-0.2, -0.15) is 0 Å². The van der Waals surface area contributed by atoms with Crippen molar-refractivity contribution in [3.05, 3.63) is 27.8 Å². The molecule has 72 valence electrons. The van der Waals surface area contributed by atoms with E-state index in [4.69, 9.17) is 0 Å². The Kier molecular flexibility index (Phi) is 4.52. The molecule has 0 aliphatic heterocycles. The molecule has 1 rings (SSSR count). The van der Waals surface area contributed by atoms with Gasteiger partial charge in [-0.25, -0.2) is 0 Å². The number of aliphatic hydroxyl groups excluding tert-OH is 1. The highest BCUT2D eigenvalue weighted by atomic mass is 127. The average Bonchev–Trinajstić information content (AvgIpc) is 2.14. The number of anilines is 1. The molecule has 0 amide bonds. The lowest BCUT2D eigenvalue weighted by molar-refractivity contribution is 0.183. The van der Waals surface area contributed by atoms with E-state index in [0.717, 1.165) is 12.1 Å². The first-order valence-electron chi connectivity index (χ1n) is 4.40. The van der Waals surface area contributed by atoms with Gasteiger partial charge < -0.3 is 10.4 Å². The molecule has 0 aromatic heterocycles. The Morgan fingerprint density at radius 2 is 2.31 bits per heavy atom. The van der Waals surface area contributed by atoms with Crippen LogP contribution in [0.1, 0.15) is 13.3 Å². The smallest absolute Gasteiger partial charge is 0.0709 e. The van der Waals surface area contributed by atoms with Crippen LogP contribution in [-0.2, 0) is 0 Å². The van der Waals surface area contributed by atoms with Crippen LogP contribution in [0.2, 0.25) is 0 Å². The van der Waals surface area contributed by atoms with E-state index in [0.29, 0.717) is 6.54 Å². The van der Waals surface area contributed by atoms with Gasteiger partial charge in [0.15, 0.2) is 0 Å². The Hall–Kier alpha value is -0.290. The molecule has 0 aliphatic carbocycles. The van der Waals surface area contributed by atoms with Crippen molar-refractivity contribution in [3.8, 4) is 0 Å². The molecular weight excluding hydrogens is 277 g/mol. The minimum Gasteiger partial charge on any atom is -0.391 e. The third kappa shape index (κ3) is 3.95. The molecule has 0 saturated carbocycles. The molecule has 0 unspecified atom stereocenters. The van der Waals surface area contributed by atoms with Crippen LogP contribution >= 0.6 is 22.6 Å². The minimum atomic E-state index is -0.252. The van der Waals surface area contributed by atoms with E-state index in [1.54, 1.807) is 0 Å².